The van der Waals surface area contributed by atoms with Gasteiger partial charge < -0.3 is 14.9 Å². The van der Waals surface area contributed by atoms with E-state index >= 15 is 0 Å². The highest BCUT2D eigenvalue weighted by atomic mass is 31.2. The van der Waals surface area contributed by atoms with E-state index in [0.29, 0.717) is 11.1 Å². The van der Waals surface area contributed by atoms with Gasteiger partial charge in [-0.3, -0.25) is 9.36 Å². The van der Waals surface area contributed by atoms with E-state index in [2.05, 4.69) is 0 Å². The van der Waals surface area contributed by atoms with Crippen molar-refractivity contribution in [2.75, 3.05) is 6.16 Å². The standard InChI is InChI=1S/C23H23O5P/c24-22(25)23(19-12-6-2-7-13-19,20-14-8-3-9-15-20)21(16-17-29(26,27)28)18-10-4-1-5-11-18/h1-15,21H,16-17H2,(H,24,25)(H2,26,27,28). The van der Waals surface area contributed by atoms with Gasteiger partial charge in [-0.1, -0.05) is 91.0 Å². The number of benzene rings is 3. The van der Waals surface area contributed by atoms with Crippen molar-refractivity contribution in [1.82, 2.24) is 0 Å². The third-order valence-electron chi connectivity index (χ3n) is 5.23. The van der Waals surface area contributed by atoms with Crippen LogP contribution in [0.4, 0.5) is 0 Å². The molecule has 0 aliphatic carbocycles. The number of aliphatic carboxylic acids is 1. The molecule has 0 radical (unpaired) electrons. The van der Waals surface area contributed by atoms with Gasteiger partial charge in [0, 0.05) is 5.92 Å². The van der Waals surface area contributed by atoms with E-state index in [4.69, 9.17) is 0 Å². The molecule has 29 heavy (non-hydrogen) atoms. The van der Waals surface area contributed by atoms with Crippen LogP contribution in [0, 0.1) is 0 Å². The molecule has 0 amide bonds. The Morgan fingerprint density at radius 3 is 1.59 bits per heavy atom. The Balaban J connectivity index is 2.31. The first-order valence-electron chi connectivity index (χ1n) is 9.29. The Morgan fingerprint density at radius 1 is 0.793 bits per heavy atom. The lowest BCUT2D eigenvalue weighted by atomic mass is 9.62. The first-order valence-corrected chi connectivity index (χ1v) is 11.1. The quantitative estimate of drug-likeness (QED) is 0.478. The zero-order chi connectivity index (χ0) is 20.9. The van der Waals surface area contributed by atoms with E-state index in [1.54, 1.807) is 48.5 Å². The fourth-order valence-electron chi connectivity index (χ4n) is 3.98. The lowest BCUT2D eigenvalue weighted by molar-refractivity contribution is -0.143. The van der Waals surface area contributed by atoms with Gasteiger partial charge >= 0.3 is 13.6 Å². The largest absolute Gasteiger partial charge is 0.480 e. The summed E-state index contributed by atoms with van der Waals surface area (Å²) < 4.78 is 11.7. The first kappa shape index (κ1) is 21.0. The molecule has 3 aromatic rings. The second-order valence-electron chi connectivity index (χ2n) is 6.99. The van der Waals surface area contributed by atoms with E-state index in [1.807, 2.05) is 42.5 Å². The lowest BCUT2D eigenvalue weighted by Gasteiger charge is -2.39. The van der Waals surface area contributed by atoms with E-state index in [9.17, 15) is 24.3 Å². The van der Waals surface area contributed by atoms with Crippen molar-refractivity contribution in [3.8, 4) is 0 Å². The summed E-state index contributed by atoms with van der Waals surface area (Å²) in [6, 6.07) is 26.8. The predicted octanol–water partition coefficient (Wildman–Crippen LogP) is 4.41. The zero-order valence-corrected chi connectivity index (χ0v) is 16.7. The molecule has 0 bridgehead atoms. The van der Waals surface area contributed by atoms with Crippen LogP contribution < -0.4 is 0 Å². The van der Waals surface area contributed by atoms with Gasteiger partial charge in [-0.25, -0.2) is 0 Å². The molecule has 0 saturated carbocycles. The van der Waals surface area contributed by atoms with Gasteiger partial charge in [0.25, 0.3) is 0 Å². The number of carboxylic acid groups (broad SMARTS) is 1. The summed E-state index contributed by atoms with van der Waals surface area (Å²) in [5.74, 6) is -1.74. The Bertz CT molecular complexity index is 944. The molecule has 150 valence electrons. The summed E-state index contributed by atoms with van der Waals surface area (Å²) in [6.45, 7) is 0. The van der Waals surface area contributed by atoms with Crippen LogP contribution in [0.2, 0.25) is 0 Å². The summed E-state index contributed by atoms with van der Waals surface area (Å²) in [4.78, 5) is 32.0. The van der Waals surface area contributed by atoms with Crippen molar-refractivity contribution in [3.63, 3.8) is 0 Å². The van der Waals surface area contributed by atoms with Gasteiger partial charge in [0.1, 0.15) is 5.41 Å². The van der Waals surface area contributed by atoms with Crippen LogP contribution in [-0.2, 0) is 14.8 Å². The van der Waals surface area contributed by atoms with Gasteiger partial charge in [0.2, 0.25) is 0 Å². The highest BCUT2D eigenvalue weighted by Crippen LogP contribution is 2.49. The van der Waals surface area contributed by atoms with Gasteiger partial charge in [0.05, 0.1) is 6.16 Å². The molecule has 0 fully saturated rings. The van der Waals surface area contributed by atoms with Gasteiger partial charge in [-0.15, -0.1) is 0 Å². The molecule has 0 aliphatic rings. The van der Waals surface area contributed by atoms with Crippen LogP contribution in [0.5, 0.6) is 0 Å². The van der Waals surface area contributed by atoms with Gasteiger partial charge in [0.15, 0.2) is 0 Å². The average molecular weight is 410 g/mol. The van der Waals surface area contributed by atoms with Crippen molar-refractivity contribution in [1.29, 1.82) is 0 Å². The summed E-state index contributed by atoms with van der Waals surface area (Å²) >= 11 is 0. The van der Waals surface area contributed by atoms with E-state index < -0.39 is 31.1 Å². The molecule has 0 spiro atoms. The number of rotatable bonds is 8. The second-order valence-corrected chi connectivity index (χ2v) is 8.76. The van der Waals surface area contributed by atoms with Crippen molar-refractivity contribution in [2.24, 2.45) is 0 Å². The van der Waals surface area contributed by atoms with E-state index in [-0.39, 0.29) is 6.42 Å². The van der Waals surface area contributed by atoms with E-state index in [0.717, 1.165) is 5.56 Å². The van der Waals surface area contributed by atoms with Crippen molar-refractivity contribution >= 4 is 13.6 Å². The van der Waals surface area contributed by atoms with Crippen molar-refractivity contribution in [2.45, 2.75) is 17.8 Å². The van der Waals surface area contributed by atoms with Crippen molar-refractivity contribution in [3.05, 3.63) is 108 Å². The molecule has 3 N–H and O–H groups in total. The third kappa shape index (κ3) is 4.48. The molecule has 0 aliphatic heterocycles. The number of hydrogen-bond acceptors (Lipinski definition) is 2. The number of carboxylic acids is 1. The first-order chi connectivity index (χ1) is 13.9. The molecule has 3 rings (SSSR count). The van der Waals surface area contributed by atoms with Crippen LogP contribution in [0.25, 0.3) is 0 Å². The number of hydrogen-bond donors (Lipinski definition) is 3. The molecule has 0 aromatic heterocycles. The minimum absolute atomic E-state index is 0.0182. The molecule has 0 saturated heterocycles. The molecule has 3 aromatic carbocycles. The average Bonchev–Trinajstić information content (AvgIpc) is 2.72. The normalized spacial score (nSPS) is 13.0. The molecule has 6 heteroatoms. The minimum atomic E-state index is -4.32. The fraction of sp³-hybridized carbons (Fsp3) is 0.174. The monoisotopic (exact) mass is 410 g/mol. The van der Waals surface area contributed by atoms with Crippen LogP contribution in [0.15, 0.2) is 91.0 Å². The van der Waals surface area contributed by atoms with Gasteiger partial charge in [-0.05, 0) is 23.1 Å². The second kappa shape index (κ2) is 8.75. The van der Waals surface area contributed by atoms with Crippen LogP contribution in [0.1, 0.15) is 29.0 Å². The summed E-state index contributed by atoms with van der Waals surface area (Å²) in [7, 11) is -4.32. The smallest absolute Gasteiger partial charge is 0.325 e. The maximum Gasteiger partial charge on any atom is 0.325 e. The Kier molecular flexibility index (Phi) is 6.33. The third-order valence-corrected chi connectivity index (χ3v) is 6.07. The fourth-order valence-corrected chi connectivity index (χ4v) is 4.58. The highest BCUT2D eigenvalue weighted by Gasteiger charge is 2.49. The predicted molar refractivity (Wildman–Crippen MR) is 112 cm³/mol. The summed E-state index contributed by atoms with van der Waals surface area (Å²) in [5, 5.41) is 10.6. The van der Waals surface area contributed by atoms with Crippen LogP contribution in [-0.4, -0.2) is 27.0 Å². The SMILES string of the molecule is O=C(O)C(c1ccccc1)(c1ccccc1)C(CCP(=O)(O)O)c1ccccc1. The molecular weight excluding hydrogens is 387 g/mol. The topological polar surface area (TPSA) is 94.8 Å². The van der Waals surface area contributed by atoms with Crippen molar-refractivity contribution < 1.29 is 24.3 Å². The molecule has 5 nitrogen and oxygen atoms in total. The van der Waals surface area contributed by atoms with E-state index in [1.165, 1.54) is 0 Å². The molecular formula is C23H23O5P. The molecule has 1 atom stereocenters. The Labute approximate surface area is 169 Å². The van der Waals surface area contributed by atoms with Crippen LogP contribution in [0.3, 0.4) is 0 Å². The Morgan fingerprint density at radius 2 is 1.21 bits per heavy atom. The summed E-state index contributed by atoms with van der Waals surface area (Å²) in [6.07, 6.45) is -0.383. The minimum Gasteiger partial charge on any atom is -0.480 e. The molecule has 1 unspecified atom stereocenters. The number of carbonyl (C=O) groups is 1. The van der Waals surface area contributed by atoms with Gasteiger partial charge in [-0.2, -0.15) is 0 Å². The Hall–Kier alpha value is -2.72. The molecule has 0 heterocycles. The van der Waals surface area contributed by atoms with Crippen LogP contribution >= 0.6 is 7.60 Å². The maximum atomic E-state index is 13.0. The summed E-state index contributed by atoms with van der Waals surface area (Å²) in [5.41, 5.74) is 0.353. The lowest BCUT2D eigenvalue weighted by Crippen LogP contribution is -2.43. The maximum absolute atomic E-state index is 13.0. The highest BCUT2D eigenvalue weighted by molar-refractivity contribution is 7.51. The zero-order valence-electron chi connectivity index (χ0n) is 15.8.